The Hall–Kier alpha value is 1.56. The van der Waals surface area contributed by atoms with E-state index in [0.717, 1.165) is 12.1 Å². The van der Waals surface area contributed by atoms with E-state index in [9.17, 15) is 0 Å². The number of hydrogen-bond donors (Lipinski definition) is 4. The molecule has 0 aromatic heterocycles. The third-order valence-corrected chi connectivity index (χ3v) is 1.55. The van der Waals surface area contributed by atoms with Gasteiger partial charge in [-0.25, -0.2) is 0 Å². The first-order valence-electron chi connectivity index (χ1n) is 3.00. The van der Waals surface area contributed by atoms with E-state index in [1.165, 1.54) is 0 Å². The van der Waals surface area contributed by atoms with Crippen LogP contribution < -0.4 is 0 Å². The fraction of sp³-hybridized carbons (Fsp3) is 0. The summed E-state index contributed by atoms with van der Waals surface area (Å²) in [5.41, 5.74) is 0.0813. The summed E-state index contributed by atoms with van der Waals surface area (Å²) < 4.78 is 0. The third-order valence-electron chi connectivity index (χ3n) is 1.32. The van der Waals surface area contributed by atoms with Crippen LogP contribution in [0, 0.1) is 0 Å². The van der Waals surface area contributed by atoms with Crippen molar-refractivity contribution in [2.75, 3.05) is 0 Å². The van der Waals surface area contributed by atoms with Gasteiger partial charge in [0.15, 0.2) is 22.3 Å². The quantitative estimate of drug-likeness (QED) is 0.275. The van der Waals surface area contributed by atoms with Crippen LogP contribution in [0.2, 0.25) is 0 Å². The minimum atomic E-state index is -0.630. The first-order valence-corrected chi connectivity index (χ1v) is 3.41. The standard InChI is InChI=1S/C7H6O4S.Ba.Sr.4H/c8-4-1-3(7(11)12)2-5(9)6(4)10;;;;;;/h1-2,8-10H,(H,11,12);;;;;;. The predicted octanol–water partition coefficient (Wildman–Crippen LogP) is -0.796. The molecule has 0 fully saturated rings. The summed E-state index contributed by atoms with van der Waals surface area (Å²) in [7, 11) is 0. The van der Waals surface area contributed by atoms with Crippen LogP contribution in [0.4, 0.5) is 0 Å². The van der Waals surface area contributed by atoms with Gasteiger partial charge in [-0.15, -0.1) is 0 Å². The SMILES string of the molecule is OC(=S)c1cc(O)c(O)c(O)c1.[BaH2].[SrH2]. The molecule has 0 bridgehead atoms. The second-order valence-corrected chi connectivity index (χ2v) is 2.55. The normalized spacial score (nSPS) is 8.29. The van der Waals surface area contributed by atoms with Gasteiger partial charge in [0.05, 0.1) is 0 Å². The summed E-state index contributed by atoms with van der Waals surface area (Å²) in [4.78, 5) is 0. The van der Waals surface area contributed by atoms with Crippen LogP contribution in [0.5, 0.6) is 17.2 Å². The second kappa shape index (κ2) is 7.77. The van der Waals surface area contributed by atoms with Crippen molar-refractivity contribution in [2.24, 2.45) is 0 Å². The Labute approximate surface area is 163 Å². The summed E-state index contributed by atoms with van der Waals surface area (Å²) in [5, 5.41) is 35.1. The average Bonchev–Trinajstić information content (AvgIpc) is 1.99. The van der Waals surface area contributed by atoms with Crippen molar-refractivity contribution in [1.29, 1.82) is 0 Å². The van der Waals surface area contributed by atoms with Crippen molar-refractivity contribution in [2.45, 2.75) is 0 Å². The summed E-state index contributed by atoms with van der Waals surface area (Å²) >= 11 is 4.38. The topological polar surface area (TPSA) is 80.9 Å². The van der Waals surface area contributed by atoms with Crippen molar-refractivity contribution in [1.82, 2.24) is 0 Å². The molecule has 7 heteroatoms. The molecule has 0 saturated carbocycles. The number of aliphatic hydroxyl groups excluding tert-OH is 1. The van der Waals surface area contributed by atoms with Crippen LogP contribution in [-0.4, -0.2) is 120 Å². The van der Waals surface area contributed by atoms with Gasteiger partial charge in [0.1, 0.15) is 0 Å². The molecule has 1 rings (SSSR count). The van der Waals surface area contributed by atoms with E-state index in [2.05, 4.69) is 12.2 Å². The van der Waals surface area contributed by atoms with E-state index in [1.807, 2.05) is 0 Å². The van der Waals surface area contributed by atoms with Gasteiger partial charge < -0.3 is 20.4 Å². The van der Waals surface area contributed by atoms with Crippen LogP contribution in [0.3, 0.4) is 0 Å². The molecule has 4 N–H and O–H groups in total. The molecule has 4 nitrogen and oxygen atoms in total. The van der Waals surface area contributed by atoms with E-state index in [4.69, 9.17) is 20.4 Å². The van der Waals surface area contributed by atoms with Crippen LogP contribution in [-0.2, 0) is 0 Å². The Balaban J connectivity index is 0. The van der Waals surface area contributed by atoms with Gasteiger partial charge in [-0.1, -0.05) is 0 Å². The maximum atomic E-state index is 8.95. The number of aromatic hydroxyl groups is 3. The summed E-state index contributed by atoms with van der Waals surface area (Å²) in [6.45, 7) is 0. The van der Waals surface area contributed by atoms with Gasteiger partial charge in [0.2, 0.25) is 0 Å². The van der Waals surface area contributed by atoms with E-state index < -0.39 is 22.3 Å². The molecule has 0 heterocycles. The van der Waals surface area contributed by atoms with Crippen molar-refractivity contribution >= 4 is 112 Å². The first kappa shape index (κ1) is 17.9. The zero-order valence-electron chi connectivity index (χ0n) is 5.85. The van der Waals surface area contributed by atoms with Gasteiger partial charge in [0.25, 0.3) is 0 Å². The van der Waals surface area contributed by atoms with Gasteiger partial charge in [-0.05, 0) is 24.4 Å². The molecule has 0 unspecified atom stereocenters. The molecule has 14 heavy (non-hydrogen) atoms. The van der Waals surface area contributed by atoms with E-state index in [-0.39, 0.29) is 99.9 Å². The van der Waals surface area contributed by atoms with Gasteiger partial charge in [-0.2, -0.15) is 0 Å². The average molecular weight is 415 g/mol. The predicted molar refractivity (Wildman–Crippen MR) is 62.9 cm³/mol. The van der Waals surface area contributed by atoms with Crippen LogP contribution in [0.25, 0.3) is 0 Å². The van der Waals surface area contributed by atoms with Crippen molar-refractivity contribution < 1.29 is 20.4 Å². The summed E-state index contributed by atoms with van der Waals surface area (Å²) in [5.74, 6) is -1.68. The Morgan fingerprint density at radius 1 is 1.07 bits per heavy atom. The Kier molecular flexibility index (Phi) is 9.96. The Morgan fingerprint density at radius 2 is 1.43 bits per heavy atom. The number of phenolic OH excluding ortho intramolecular Hbond substituents is 3. The van der Waals surface area contributed by atoms with Crippen LogP contribution in [0.15, 0.2) is 12.1 Å². The number of aliphatic hydroxyl groups is 1. The molecular formula is C7H10BaO4SSr. The molecule has 0 spiro atoms. The maximum absolute atomic E-state index is 8.95. The number of benzene rings is 1. The summed E-state index contributed by atoms with van der Waals surface area (Å²) in [6, 6.07) is 2.11. The van der Waals surface area contributed by atoms with Crippen LogP contribution >= 0.6 is 12.2 Å². The third kappa shape index (κ3) is 4.60. The molecular weight excluding hydrogens is 405 g/mol. The fourth-order valence-corrected chi connectivity index (χ4v) is 0.846. The molecule has 1 aromatic rings. The molecule has 0 atom stereocenters. The zero-order chi connectivity index (χ0) is 9.30. The molecule has 0 radical (unpaired) electrons. The van der Waals surface area contributed by atoms with Crippen LogP contribution in [0.1, 0.15) is 5.56 Å². The molecule has 72 valence electrons. The van der Waals surface area contributed by atoms with E-state index >= 15 is 0 Å². The van der Waals surface area contributed by atoms with Crippen molar-refractivity contribution in [3.05, 3.63) is 17.7 Å². The molecule has 0 aliphatic rings. The molecule has 0 saturated heterocycles. The molecule has 1 aromatic carbocycles. The molecule has 0 amide bonds. The Morgan fingerprint density at radius 3 is 1.71 bits per heavy atom. The van der Waals surface area contributed by atoms with Gasteiger partial charge >= 0.3 is 94.4 Å². The van der Waals surface area contributed by atoms with Crippen molar-refractivity contribution in [3.8, 4) is 17.2 Å². The summed E-state index contributed by atoms with van der Waals surface area (Å²) in [6.07, 6.45) is 0. The van der Waals surface area contributed by atoms with E-state index in [1.54, 1.807) is 0 Å². The monoisotopic (exact) mass is 416 g/mol. The van der Waals surface area contributed by atoms with Gasteiger partial charge in [0, 0.05) is 5.56 Å². The Bertz CT molecular complexity index is 321. The van der Waals surface area contributed by atoms with E-state index in [0.29, 0.717) is 0 Å². The molecule has 0 aliphatic carbocycles. The number of rotatable bonds is 1. The second-order valence-electron chi connectivity index (χ2n) is 2.17. The number of phenols is 3. The fourth-order valence-electron chi connectivity index (χ4n) is 0.728. The minimum absolute atomic E-state index is 0. The molecule has 0 aliphatic heterocycles. The number of thiocarbonyl (C=S) groups is 1. The number of hydrogen-bond acceptors (Lipinski definition) is 4. The zero-order valence-corrected chi connectivity index (χ0v) is 6.67. The first-order chi connectivity index (χ1) is 5.52. The van der Waals surface area contributed by atoms with Crippen molar-refractivity contribution in [3.63, 3.8) is 0 Å². The van der Waals surface area contributed by atoms with Gasteiger partial charge in [-0.3, -0.25) is 0 Å².